The molecule has 0 aliphatic carbocycles. The number of amides is 1. The highest BCUT2D eigenvalue weighted by atomic mass is 19.4. The summed E-state index contributed by atoms with van der Waals surface area (Å²) < 4.78 is 52.7. The molecular weight excluding hydrogens is 398 g/mol. The van der Waals surface area contributed by atoms with Crippen LogP contribution in [0.25, 0.3) is 0 Å². The van der Waals surface area contributed by atoms with E-state index in [-0.39, 0.29) is 5.78 Å². The second-order valence-corrected chi connectivity index (χ2v) is 6.72. The van der Waals surface area contributed by atoms with Gasteiger partial charge in [-0.2, -0.15) is 13.2 Å². The van der Waals surface area contributed by atoms with Crippen LogP contribution in [0.2, 0.25) is 0 Å². The van der Waals surface area contributed by atoms with Crippen LogP contribution >= 0.6 is 0 Å². The Balaban J connectivity index is 1.83. The van der Waals surface area contributed by atoms with Crippen molar-refractivity contribution in [2.24, 2.45) is 0 Å². The molecule has 0 bridgehead atoms. The van der Waals surface area contributed by atoms with Crippen molar-refractivity contribution < 1.29 is 27.2 Å². The molecule has 0 aromatic heterocycles. The monoisotopic (exact) mass is 415 g/mol. The van der Waals surface area contributed by atoms with E-state index in [4.69, 9.17) is 0 Å². The molecule has 0 unspecified atom stereocenters. The molecule has 0 spiro atoms. The summed E-state index contributed by atoms with van der Waals surface area (Å²) in [5, 5.41) is 2.21. The van der Waals surface area contributed by atoms with E-state index in [2.05, 4.69) is 5.32 Å². The first-order valence-electron chi connectivity index (χ1n) is 9.04. The van der Waals surface area contributed by atoms with E-state index in [0.717, 1.165) is 12.1 Å². The smallest absolute Gasteiger partial charge is 0.325 e. The van der Waals surface area contributed by atoms with Gasteiger partial charge in [0.1, 0.15) is 5.82 Å². The van der Waals surface area contributed by atoms with Gasteiger partial charge >= 0.3 is 6.18 Å². The van der Waals surface area contributed by atoms with Crippen molar-refractivity contribution in [3.05, 3.63) is 101 Å². The fraction of sp³-hybridized carbons (Fsp3) is 0.130. The lowest BCUT2D eigenvalue weighted by Gasteiger charge is -2.17. The Morgan fingerprint density at radius 3 is 2.20 bits per heavy atom. The molecule has 1 amide bonds. The molecule has 3 rings (SSSR count). The maximum atomic E-state index is 13.3. The summed E-state index contributed by atoms with van der Waals surface area (Å²) in [6.07, 6.45) is -4.82. The normalized spacial score (nSPS) is 12.3. The van der Waals surface area contributed by atoms with Crippen molar-refractivity contribution >= 4 is 17.4 Å². The quantitative estimate of drug-likeness (QED) is 0.422. The zero-order valence-electron chi connectivity index (χ0n) is 15.8. The number of hydrogen-bond donors (Lipinski definition) is 1. The average molecular weight is 415 g/mol. The number of rotatable bonds is 5. The first kappa shape index (κ1) is 21.2. The van der Waals surface area contributed by atoms with Crippen LogP contribution in [0, 0.1) is 5.82 Å². The van der Waals surface area contributed by atoms with Gasteiger partial charge in [0.2, 0.25) is 5.91 Å². The van der Waals surface area contributed by atoms with Crippen molar-refractivity contribution in [3.8, 4) is 0 Å². The SMILES string of the molecule is C[C@@H](C(=O)Nc1ccc(F)cc1C(F)(F)F)c1cccc(C(=O)c2ccccc2)c1. The first-order valence-corrected chi connectivity index (χ1v) is 9.04. The number of halogens is 4. The number of carbonyl (C=O) groups excluding carboxylic acids is 2. The van der Waals surface area contributed by atoms with Crippen LogP contribution in [0.1, 0.15) is 39.9 Å². The Kier molecular flexibility index (Phi) is 6.01. The highest BCUT2D eigenvalue weighted by molar-refractivity contribution is 6.09. The number of carbonyl (C=O) groups is 2. The maximum absolute atomic E-state index is 13.3. The third kappa shape index (κ3) is 4.74. The molecule has 0 fully saturated rings. The molecule has 0 heterocycles. The largest absolute Gasteiger partial charge is 0.418 e. The van der Waals surface area contributed by atoms with Gasteiger partial charge in [-0.1, -0.05) is 48.5 Å². The summed E-state index contributed by atoms with van der Waals surface area (Å²) in [5.74, 6) is -2.85. The third-order valence-electron chi connectivity index (χ3n) is 4.62. The van der Waals surface area contributed by atoms with Crippen molar-refractivity contribution in [2.45, 2.75) is 19.0 Å². The highest BCUT2D eigenvalue weighted by Gasteiger charge is 2.34. The summed E-state index contributed by atoms with van der Waals surface area (Å²) in [6, 6.07) is 17.0. The number of hydrogen-bond acceptors (Lipinski definition) is 2. The predicted octanol–water partition coefficient (Wildman–Crippen LogP) is 5.82. The molecule has 0 aliphatic heterocycles. The van der Waals surface area contributed by atoms with Crippen LogP contribution in [0.3, 0.4) is 0 Å². The summed E-state index contributed by atoms with van der Waals surface area (Å²) in [4.78, 5) is 25.2. The van der Waals surface area contributed by atoms with Crippen molar-refractivity contribution in [1.29, 1.82) is 0 Å². The van der Waals surface area contributed by atoms with Crippen molar-refractivity contribution in [2.75, 3.05) is 5.32 Å². The van der Waals surface area contributed by atoms with Crippen molar-refractivity contribution in [1.82, 2.24) is 0 Å². The molecule has 154 valence electrons. The van der Waals surface area contributed by atoms with E-state index in [9.17, 15) is 27.2 Å². The van der Waals surface area contributed by atoms with Crippen LogP contribution in [0.4, 0.5) is 23.2 Å². The molecule has 1 N–H and O–H groups in total. The lowest BCUT2D eigenvalue weighted by Crippen LogP contribution is -2.21. The Hall–Kier alpha value is -3.48. The molecule has 3 aromatic carbocycles. The van der Waals surface area contributed by atoms with Gasteiger partial charge < -0.3 is 5.32 Å². The van der Waals surface area contributed by atoms with Crippen LogP contribution in [-0.2, 0) is 11.0 Å². The molecule has 0 radical (unpaired) electrons. The molecule has 7 heteroatoms. The molecule has 3 nitrogen and oxygen atoms in total. The van der Waals surface area contributed by atoms with Gasteiger partial charge in [0.25, 0.3) is 0 Å². The minimum absolute atomic E-state index is 0.233. The zero-order chi connectivity index (χ0) is 21.9. The zero-order valence-corrected chi connectivity index (χ0v) is 15.8. The van der Waals surface area contributed by atoms with Gasteiger partial charge in [0.15, 0.2) is 5.78 Å². The Bertz CT molecular complexity index is 1080. The molecule has 1 atom stereocenters. The average Bonchev–Trinajstić information content (AvgIpc) is 2.73. The van der Waals surface area contributed by atoms with E-state index in [1.807, 2.05) is 0 Å². The minimum Gasteiger partial charge on any atom is -0.325 e. The first-order chi connectivity index (χ1) is 14.2. The summed E-state index contributed by atoms with van der Waals surface area (Å²) >= 11 is 0. The number of nitrogens with one attached hydrogen (secondary N) is 1. The van der Waals surface area contributed by atoms with E-state index >= 15 is 0 Å². The standard InChI is InChI=1S/C23H17F4NO2/c1-14(22(30)28-20-11-10-18(24)13-19(20)23(25,26)27)16-8-5-9-17(12-16)21(29)15-6-3-2-4-7-15/h2-14H,1H3,(H,28,30)/t14-/m1/s1. The molecule has 0 saturated heterocycles. The lowest BCUT2D eigenvalue weighted by atomic mass is 9.95. The number of alkyl halides is 3. The molecule has 0 saturated carbocycles. The van der Waals surface area contributed by atoms with Gasteiger partial charge in [-0.05, 0) is 36.8 Å². The van der Waals surface area contributed by atoms with Gasteiger partial charge in [-0.25, -0.2) is 4.39 Å². The Morgan fingerprint density at radius 2 is 1.53 bits per heavy atom. The lowest BCUT2D eigenvalue weighted by molar-refractivity contribution is -0.137. The molecule has 0 aliphatic rings. The number of anilines is 1. The van der Waals surface area contributed by atoms with Gasteiger partial charge in [-0.3, -0.25) is 9.59 Å². The summed E-state index contributed by atoms with van der Waals surface area (Å²) in [7, 11) is 0. The van der Waals surface area contributed by atoms with Gasteiger partial charge in [-0.15, -0.1) is 0 Å². The van der Waals surface area contributed by atoms with Gasteiger partial charge in [0.05, 0.1) is 17.2 Å². The highest BCUT2D eigenvalue weighted by Crippen LogP contribution is 2.35. The molecular formula is C23H17F4NO2. The van der Waals surface area contributed by atoms with Gasteiger partial charge in [0, 0.05) is 11.1 Å². The fourth-order valence-corrected chi connectivity index (χ4v) is 2.96. The molecule has 3 aromatic rings. The van der Waals surface area contributed by atoms with Crippen LogP contribution in [0.15, 0.2) is 72.8 Å². The Morgan fingerprint density at radius 1 is 0.867 bits per heavy atom. The van der Waals surface area contributed by atoms with Crippen LogP contribution in [-0.4, -0.2) is 11.7 Å². The summed E-state index contributed by atoms with van der Waals surface area (Å²) in [6.45, 7) is 1.51. The van der Waals surface area contributed by atoms with Crippen molar-refractivity contribution in [3.63, 3.8) is 0 Å². The fourth-order valence-electron chi connectivity index (χ4n) is 2.96. The van der Waals surface area contributed by atoms with E-state index in [1.165, 1.54) is 13.0 Å². The predicted molar refractivity (Wildman–Crippen MR) is 105 cm³/mol. The third-order valence-corrected chi connectivity index (χ3v) is 4.62. The molecule has 30 heavy (non-hydrogen) atoms. The number of benzene rings is 3. The summed E-state index contributed by atoms with van der Waals surface area (Å²) in [5.41, 5.74) is -0.498. The Labute approximate surface area is 170 Å². The van der Waals surface area contributed by atoms with E-state index in [0.29, 0.717) is 22.8 Å². The van der Waals surface area contributed by atoms with Crippen LogP contribution < -0.4 is 5.32 Å². The van der Waals surface area contributed by atoms with E-state index in [1.54, 1.807) is 48.5 Å². The second kappa shape index (κ2) is 8.49. The van der Waals surface area contributed by atoms with Crippen LogP contribution in [0.5, 0.6) is 0 Å². The maximum Gasteiger partial charge on any atom is 0.418 e. The van der Waals surface area contributed by atoms with E-state index < -0.39 is 35.1 Å². The minimum atomic E-state index is -4.82. The second-order valence-electron chi connectivity index (χ2n) is 6.72. The number of ketones is 1. The topological polar surface area (TPSA) is 46.2 Å².